The van der Waals surface area contributed by atoms with Crippen LogP contribution in [0.3, 0.4) is 0 Å². The summed E-state index contributed by atoms with van der Waals surface area (Å²) in [5.74, 6) is 0. The molecule has 0 spiro atoms. The van der Waals surface area contributed by atoms with Crippen LogP contribution in [0.1, 0.15) is 24.1 Å². The highest BCUT2D eigenvalue weighted by molar-refractivity contribution is 7.89. The zero-order valence-corrected chi connectivity index (χ0v) is 15.8. The van der Waals surface area contributed by atoms with Gasteiger partial charge < -0.3 is 4.90 Å². The highest BCUT2D eigenvalue weighted by Crippen LogP contribution is 2.24. The highest BCUT2D eigenvalue weighted by atomic mass is 35.5. The smallest absolute Gasteiger partial charge is 0.240 e. The zero-order valence-electron chi connectivity index (χ0n) is 13.5. The number of benzene rings is 1. The summed E-state index contributed by atoms with van der Waals surface area (Å²) in [6.45, 7) is 4.28. The number of aryl methyl sites for hydroxylation is 1. The molecular formula is C16H20ClN3O2S2. The molecule has 0 radical (unpaired) electrons. The monoisotopic (exact) mass is 385 g/mol. The summed E-state index contributed by atoms with van der Waals surface area (Å²) in [5.41, 5.74) is 1.78. The normalized spacial score (nSPS) is 15.2. The minimum Gasteiger partial charge on any atom is -0.348 e. The van der Waals surface area contributed by atoms with E-state index in [0.717, 1.165) is 29.5 Å². The zero-order chi connectivity index (χ0) is 17.2. The maximum absolute atomic E-state index is 12.3. The van der Waals surface area contributed by atoms with Crippen LogP contribution in [-0.2, 0) is 16.4 Å². The number of hydrogen-bond acceptors (Lipinski definition) is 5. The average Bonchev–Trinajstić information content (AvgIpc) is 3.20. The summed E-state index contributed by atoms with van der Waals surface area (Å²) in [4.78, 5) is 7.07. The molecule has 0 aliphatic carbocycles. The lowest BCUT2D eigenvalue weighted by Crippen LogP contribution is -2.26. The fourth-order valence-corrected chi connectivity index (χ4v) is 4.82. The van der Waals surface area contributed by atoms with Gasteiger partial charge in [0.15, 0.2) is 5.13 Å². The number of hydrogen-bond donors (Lipinski definition) is 1. The Balaban J connectivity index is 1.58. The Morgan fingerprint density at radius 2 is 2.08 bits per heavy atom. The summed E-state index contributed by atoms with van der Waals surface area (Å²) in [7, 11) is -3.55. The number of nitrogens with one attached hydrogen (secondary N) is 1. The molecule has 5 nitrogen and oxygen atoms in total. The summed E-state index contributed by atoms with van der Waals surface area (Å²) >= 11 is 7.63. The van der Waals surface area contributed by atoms with Crippen molar-refractivity contribution < 1.29 is 8.42 Å². The third-order valence-corrected chi connectivity index (χ3v) is 6.86. The third kappa shape index (κ3) is 4.08. The first kappa shape index (κ1) is 17.7. The molecule has 1 N–H and O–H groups in total. The van der Waals surface area contributed by atoms with Gasteiger partial charge in [-0.1, -0.05) is 17.7 Å². The molecule has 8 heteroatoms. The molecule has 1 saturated heterocycles. The van der Waals surface area contributed by atoms with Crippen molar-refractivity contribution in [2.75, 3.05) is 24.5 Å². The van der Waals surface area contributed by atoms with Crippen molar-refractivity contribution in [2.45, 2.75) is 31.1 Å². The number of halogens is 1. The number of thiazole rings is 1. The van der Waals surface area contributed by atoms with E-state index in [1.54, 1.807) is 23.5 Å². The molecule has 3 rings (SSSR count). The van der Waals surface area contributed by atoms with Crippen LogP contribution >= 0.6 is 22.9 Å². The second-order valence-electron chi connectivity index (χ2n) is 5.87. The van der Waals surface area contributed by atoms with Gasteiger partial charge in [0.05, 0.1) is 10.6 Å². The van der Waals surface area contributed by atoms with E-state index >= 15 is 0 Å². The van der Waals surface area contributed by atoms with E-state index < -0.39 is 10.0 Å². The van der Waals surface area contributed by atoms with Crippen molar-refractivity contribution in [1.82, 2.24) is 9.71 Å². The van der Waals surface area contributed by atoms with Crippen molar-refractivity contribution in [3.63, 3.8) is 0 Å². The third-order valence-electron chi connectivity index (χ3n) is 4.04. The number of sulfonamides is 1. The van der Waals surface area contributed by atoms with Gasteiger partial charge in [0.2, 0.25) is 10.0 Å². The van der Waals surface area contributed by atoms with E-state index in [2.05, 4.69) is 14.6 Å². The van der Waals surface area contributed by atoms with Crippen molar-refractivity contribution in [3.05, 3.63) is 39.9 Å². The second kappa shape index (κ2) is 7.39. The molecule has 1 aliphatic heterocycles. The van der Waals surface area contributed by atoms with Crippen LogP contribution < -0.4 is 9.62 Å². The van der Waals surface area contributed by atoms with Crippen LogP contribution in [0.25, 0.3) is 0 Å². The van der Waals surface area contributed by atoms with Gasteiger partial charge in [-0.2, -0.15) is 0 Å². The van der Waals surface area contributed by atoms with Crippen LogP contribution in [0.5, 0.6) is 0 Å². The predicted octanol–water partition coefficient (Wildman–Crippen LogP) is 3.23. The van der Waals surface area contributed by atoms with Crippen molar-refractivity contribution in [3.8, 4) is 0 Å². The highest BCUT2D eigenvalue weighted by Gasteiger charge is 2.17. The number of rotatable bonds is 6. The number of anilines is 1. The molecule has 1 aromatic carbocycles. The fraction of sp³-hybridized carbons (Fsp3) is 0.438. The Morgan fingerprint density at radius 1 is 1.33 bits per heavy atom. The quantitative estimate of drug-likeness (QED) is 0.829. The van der Waals surface area contributed by atoms with Gasteiger partial charge in [0.1, 0.15) is 0 Å². The Hall–Kier alpha value is -1.15. The van der Waals surface area contributed by atoms with Crippen molar-refractivity contribution in [1.29, 1.82) is 0 Å². The molecule has 0 amide bonds. The summed E-state index contributed by atoms with van der Waals surface area (Å²) < 4.78 is 27.2. The minimum absolute atomic E-state index is 0.189. The largest absolute Gasteiger partial charge is 0.348 e. The van der Waals surface area contributed by atoms with Crippen LogP contribution in [0.15, 0.2) is 28.5 Å². The Kier molecular flexibility index (Phi) is 5.44. The lowest BCUT2D eigenvalue weighted by Gasteiger charge is -2.12. The van der Waals surface area contributed by atoms with E-state index in [-0.39, 0.29) is 4.90 Å². The van der Waals surface area contributed by atoms with E-state index in [0.29, 0.717) is 18.0 Å². The SMILES string of the molecule is Cc1ccc(S(=O)(=O)NCCc2csc(N3CCCC3)n2)cc1Cl. The van der Waals surface area contributed by atoms with Gasteiger partial charge in [0, 0.05) is 36.5 Å². The molecule has 24 heavy (non-hydrogen) atoms. The molecule has 0 saturated carbocycles. The molecule has 0 bridgehead atoms. The van der Waals surface area contributed by atoms with Crippen LogP contribution in [0.2, 0.25) is 5.02 Å². The van der Waals surface area contributed by atoms with Gasteiger partial charge in [-0.3, -0.25) is 0 Å². The average molecular weight is 386 g/mol. The Morgan fingerprint density at radius 3 is 2.79 bits per heavy atom. The fourth-order valence-electron chi connectivity index (χ4n) is 2.60. The van der Waals surface area contributed by atoms with Crippen molar-refractivity contribution in [2.24, 2.45) is 0 Å². The lowest BCUT2D eigenvalue weighted by atomic mass is 10.2. The maximum atomic E-state index is 12.3. The Bertz CT molecular complexity index is 814. The topological polar surface area (TPSA) is 62.3 Å². The molecule has 0 unspecified atom stereocenters. The van der Waals surface area contributed by atoms with E-state index in [1.807, 2.05) is 12.3 Å². The van der Waals surface area contributed by atoms with Crippen LogP contribution in [-0.4, -0.2) is 33.0 Å². The molecule has 0 atom stereocenters. The number of nitrogens with zero attached hydrogens (tertiary/aromatic N) is 2. The minimum atomic E-state index is -3.55. The van der Waals surface area contributed by atoms with E-state index in [9.17, 15) is 8.42 Å². The molecule has 1 aromatic heterocycles. The van der Waals surface area contributed by atoms with Gasteiger partial charge in [0.25, 0.3) is 0 Å². The first-order valence-electron chi connectivity index (χ1n) is 7.91. The number of aromatic nitrogens is 1. The molecule has 2 aromatic rings. The molecule has 130 valence electrons. The standard InChI is InChI=1S/C16H20ClN3O2S2/c1-12-4-5-14(10-15(12)17)24(21,22)18-7-6-13-11-23-16(19-13)20-8-2-3-9-20/h4-5,10-11,18H,2-3,6-9H2,1H3. The molecule has 1 aliphatic rings. The summed E-state index contributed by atoms with van der Waals surface area (Å²) in [6.07, 6.45) is 3.00. The van der Waals surface area contributed by atoms with E-state index in [1.165, 1.54) is 18.9 Å². The first-order valence-corrected chi connectivity index (χ1v) is 10.6. The van der Waals surface area contributed by atoms with Gasteiger partial charge in [-0.05, 0) is 37.5 Å². The van der Waals surface area contributed by atoms with Gasteiger partial charge >= 0.3 is 0 Å². The van der Waals surface area contributed by atoms with Gasteiger partial charge in [-0.25, -0.2) is 18.1 Å². The molecular weight excluding hydrogens is 366 g/mol. The summed E-state index contributed by atoms with van der Waals surface area (Å²) in [6, 6.07) is 4.76. The maximum Gasteiger partial charge on any atom is 0.240 e. The first-order chi connectivity index (χ1) is 11.5. The summed E-state index contributed by atoms with van der Waals surface area (Å²) in [5, 5.41) is 3.49. The Labute approximate surface area is 151 Å². The van der Waals surface area contributed by atoms with E-state index in [4.69, 9.17) is 11.6 Å². The lowest BCUT2D eigenvalue weighted by molar-refractivity contribution is 0.581. The van der Waals surface area contributed by atoms with Crippen LogP contribution in [0.4, 0.5) is 5.13 Å². The van der Waals surface area contributed by atoms with Gasteiger partial charge in [-0.15, -0.1) is 11.3 Å². The van der Waals surface area contributed by atoms with Crippen molar-refractivity contribution >= 4 is 38.1 Å². The second-order valence-corrected chi connectivity index (χ2v) is 8.89. The van der Waals surface area contributed by atoms with Crippen LogP contribution in [0, 0.1) is 6.92 Å². The molecule has 1 fully saturated rings. The molecule has 2 heterocycles. The predicted molar refractivity (Wildman–Crippen MR) is 98.6 cm³/mol.